The molecule has 0 radical (unpaired) electrons. The second kappa shape index (κ2) is 14.1. The molecule has 0 amide bonds. The van der Waals surface area contributed by atoms with Gasteiger partial charge in [0.2, 0.25) is 0 Å². The molecule has 0 unspecified atom stereocenters. The Morgan fingerprint density at radius 3 is 1.55 bits per heavy atom. The normalized spacial score (nSPS) is 11.9. The van der Waals surface area contributed by atoms with Gasteiger partial charge in [0.1, 0.15) is 18.8 Å². The van der Waals surface area contributed by atoms with Crippen molar-refractivity contribution in [3.8, 4) is 34.2 Å². The Hall–Kier alpha value is -5.84. The summed E-state index contributed by atoms with van der Waals surface area (Å²) in [4.78, 5) is 14.3. The van der Waals surface area contributed by atoms with Gasteiger partial charge < -0.3 is 4.57 Å². The van der Waals surface area contributed by atoms with E-state index in [0.717, 1.165) is 32.5 Å². The summed E-state index contributed by atoms with van der Waals surface area (Å²) >= 11 is 0. The molecule has 1 heterocycles. The first-order chi connectivity index (χ1) is 24.0. The molecular formula is C42H30F2N3OP. The highest BCUT2D eigenvalue weighted by molar-refractivity contribution is 7.78. The van der Waals surface area contributed by atoms with Crippen LogP contribution in [0.15, 0.2) is 164 Å². The molecule has 49 heavy (non-hydrogen) atoms. The zero-order valence-corrected chi connectivity index (χ0v) is 27.2. The topological polar surface area (TPSA) is 55.7 Å². The first kappa shape index (κ1) is 31.7. The molecule has 0 saturated heterocycles. The first-order valence-corrected chi connectivity index (χ1v) is 17.7. The average Bonchev–Trinajstić information content (AvgIpc) is 3.15. The van der Waals surface area contributed by atoms with E-state index < -0.39 is 7.14 Å². The lowest BCUT2D eigenvalue weighted by atomic mass is 9.98. The highest BCUT2D eigenvalue weighted by Crippen LogP contribution is 2.43. The third-order valence-electron chi connectivity index (χ3n) is 8.27. The maximum Gasteiger partial charge on any atom is 0.164 e. The van der Waals surface area contributed by atoms with Crippen LogP contribution < -0.4 is 10.6 Å². The quantitative estimate of drug-likeness (QED) is 0.114. The minimum atomic E-state index is -2.85. The Balaban J connectivity index is 1.23. The number of rotatable bonds is 9. The summed E-state index contributed by atoms with van der Waals surface area (Å²) in [5.74, 6) is 0.486. The van der Waals surface area contributed by atoms with Gasteiger partial charge in [0, 0.05) is 33.5 Å². The van der Waals surface area contributed by atoms with Crippen molar-refractivity contribution in [3.63, 3.8) is 0 Å². The van der Waals surface area contributed by atoms with Gasteiger partial charge in [0.05, 0.1) is 0 Å². The summed E-state index contributed by atoms with van der Waals surface area (Å²) in [6.07, 6.45) is 8.30. The summed E-state index contributed by atoms with van der Waals surface area (Å²) < 4.78 is 41.8. The zero-order chi connectivity index (χ0) is 33.6. The zero-order valence-electron chi connectivity index (χ0n) is 26.3. The van der Waals surface area contributed by atoms with Crippen LogP contribution >= 0.6 is 7.14 Å². The summed E-state index contributed by atoms with van der Waals surface area (Å²) in [6.45, 7) is 0. The minimum Gasteiger partial charge on any atom is -0.313 e. The average molecular weight is 662 g/mol. The molecule has 4 nitrogen and oxygen atoms in total. The second-order valence-electron chi connectivity index (χ2n) is 11.4. The third kappa shape index (κ3) is 6.92. The lowest BCUT2D eigenvalue weighted by molar-refractivity contribution is 0.588. The van der Waals surface area contributed by atoms with Crippen molar-refractivity contribution in [2.75, 3.05) is 6.16 Å². The number of hydrogen-bond donors (Lipinski definition) is 0. The van der Waals surface area contributed by atoms with E-state index in [0.29, 0.717) is 34.8 Å². The molecule has 7 aromatic rings. The van der Waals surface area contributed by atoms with Crippen molar-refractivity contribution in [2.24, 2.45) is 0 Å². The van der Waals surface area contributed by atoms with E-state index in [1.54, 1.807) is 24.3 Å². The van der Waals surface area contributed by atoms with Gasteiger partial charge in [-0.3, -0.25) is 0 Å². The highest BCUT2D eigenvalue weighted by Gasteiger charge is 2.25. The fraction of sp³-hybridized carbons (Fsp3) is 0.0238. The van der Waals surface area contributed by atoms with Gasteiger partial charge >= 0.3 is 0 Å². The number of halogens is 2. The molecule has 0 aliphatic carbocycles. The van der Waals surface area contributed by atoms with Crippen molar-refractivity contribution in [1.82, 2.24) is 15.0 Å². The van der Waals surface area contributed by atoms with Gasteiger partial charge in [0.15, 0.2) is 17.5 Å². The Morgan fingerprint density at radius 2 is 1.00 bits per heavy atom. The number of aromatic nitrogens is 3. The Labute approximate surface area is 283 Å². The van der Waals surface area contributed by atoms with E-state index in [4.69, 9.17) is 9.97 Å². The fourth-order valence-electron chi connectivity index (χ4n) is 5.76. The lowest BCUT2D eigenvalue weighted by Gasteiger charge is -2.17. The van der Waals surface area contributed by atoms with Gasteiger partial charge in [-0.15, -0.1) is 0 Å². The molecule has 0 bridgehead atoms. The molecule has 0 spiro atoms. The van der Waals surface area contributed by atoms with Crippen LogP contribution in [0.4, 0.5) is 8.78 Å². The van der Waals surface area contributed by atoms with Crippen LogP contribution in [-0.4, -0.2) is 21.1 Å². The Morgan fingerprint density at radius 1 is 0.510 bits per heavy atom. The van der Waals surface area contributed by atoms with Crippen LogP contribution in [-0.2, 0) is 4.57 Å². The molecule has 0 fully saturated rings. The number of allylic oxidation sites excluding steroid dienone is 3. The summed E-state index contributed by atoms with van der Waals surface area (Å²) in [7, 11) is -2.85. The van der Waals surface area contributed by atoms with Gasteiger partial charge in [-0.1, -0.05) is 115 Å². The predicted octanol–water partition coefficient (Wildman–Crippen LogP) is 9.89. The van der Waals surface area contributed by atoms with E-state index in [9.17, 15) is 13.3 Å². The molecule has 6 aromatic carbocycles. The largest absolute Gasteiger partial charge is 0.313 e. The van der Waals surface area contributed by atoms with Crippen LogP contribution in [0, 0.1) is 11.6 Å². The van der Waals surface area contributed by atoms with Crippen LogP contribution in [0.1, 0.15) is 5.56 Å². The van der Waals surface area contributed by atoms with Crippen molar-refractivity contribution >= 4 is 34.6 Å². The molecule has 0 atom stereocenters. The summed E-state index contributed by atoms with van der Waals surface area (Å²) in [5.41, 5.74) is 3.05. The van der Waals surface area contributed by atoms with Gasteiger partial charge in [-0.25, -0.2) is 23.7 Å². The van der Waals surface area contributed by atoms with Crippen molar-refractivity contribution in [2.45, 2.75) is 0 Å². The van der Waals surface area contributed by atoms with Crippen molar-refractivity contribution in [3.05, 3.63) is 181 Å². The van der Waals surface area contributed by atoms with Crippen LogP contribution in [0.5, 0.6) is 0 Å². The van der Waals surface area contributed by atoms with Gasteiger partial charge in [-0.05, 0) is 70.9 Å². The third-order valence-corrected chi connectivity index (χ3v) is 11.3. The molecule has 0 aliphatic rings. The van der Waals surface area contributed by atoms with E-state index >= 15 is 0 Å². The smallest absolute Gasteiger partial charge is 0.164 e. The van der Waals surface area contributed by atoms with Gasteiger partial charge in [-0.2, -0.15) is 0 Å². The molecule has 7 rings (SSSR count). The number of benzene rings is 6. The van der Waals surface area contributed by atoms with Crippen LogP contribution in [0.2, 0.25) is 0 Å². The molecule has 238 valence electrons. The lowest BCUT2D eigenvalue weighted by Crippen LogP contribution is -2.17. The maximum absolute atomic E-state index is 14.3. The number of fused-ring (bicyclic) bond motifs is 1. The maximum atomic E-state index is 14.3. The Kier molecular flexibility index (Phi) is 9.14. The van der Waals surface area contributed by atoms with E-state index in [1.807, 2.05) is 121 Å². The minimum absolute atomic E-state index is 0.359. The molecule has 7 heteroatoms. The summed E-state index contributed by atoms with van der Waals surface area (Å²) in [5, 5.41) is 3.60. The van der Waals surface area contributed by atoms with E-state index in [-0.39, 0.29) is 11.6 Å². The van der Waals surface area contributed by atoms with Gasteiger partial charge in [0.25, 0.3) is 0 Å². The molecule has 0 saturated carbocycles. The van der Waals surface area contributed by atoms with E-state index in [1.165, 1.54) is 24.3 Å². The van der Waals surface area contributed by atoms with Crippen LogP contribution in [0.25, 0.3) is 51.0 Å². The second-order valence-corrected chi connectivity index (χ2v) is 14.3. The molecule has 1 aromatic heterocycles. The van der Waals surface area contributed by atoms with Crippen molar-refractivity contribution < 1.29 is 13.3 Å². The van der Waals surface area contributed by atoms with Crippen LogP contribution in [0.3, 0.4) is 0 Å². The number of nitrogens with zero attached hydrogens (tertiary/aromatic N) is 3. The first-order valence-electron chi connectivity index (χ1n) is 15.8. The highest BCUT2D eigenvalue weighted by atomic mass is 31.2. The SMILES string of the molecule is O=P(C/C=C\C=C\c1ccc(-c2nc(-c3ccc(F)cc3)nc(-c3ccc(F)cc3)n2)c2ccccc12)(c1ccccc1)c1ccccc1. The standard InChI is InChI=1S/C42H30F2N3OP/c43-33-24-19-31(20-25-33)40-45-41(32-21-26-34(44)27-22-32)47-42(46-40)39-28-23-30(37-17-9-10-18-38(37)39)12-4-3-11-29-49(48,35-13-5-1-6-14-35)36-15-7-2-8-16-36/h1-28H,29H2/b11-3-,12-4+. The Bertz CT molecular complexity index is 2230. The van der Waals surface area contributed by atoms with E-state index in [2.05, 4.69) is 4.98 Å². The number of hydrogen-bond acceptors (Lipinski definition) is 4. The molecule has 0 N–H and O–H groups in total. The predicted molar refractivity (Wildman–Crippen MR) is 196 cm³/mol. The fourth-order valence-corrected chi connectivity index (χ4v) is 8.21. The van der Waals surface area contributed by atoms with Crippen molar-refractivity contribution in [1.29, 1.82) is 0 Å². The molecule has 0 aliphatic heterocycles. The molecular weight excluding hydrogens is 631 g/mol. The summed E-state index contributed by atoms with van der Waals surface area (Å²) in [6, 6.07) is 43.3. The monoisotopic (exact) mass is 661 g/mol.